The number of halogens is 2. The molecule has 1 aromatic heterocycles. The van der Waals surface area contributed by atoms with Crippen molar-refractivity contribution < 1.29 is 21.6 Å². The van der Waals surface area contributed by atoms with Crippen molar-refractivity contribution in [1.82, 2.24) is 9.29 Å². The van der Waals surface area contributed by atoms with Crippen LogP contribution < -0.4 is 9.46 Å². The van der Waals surface area contributed by atoms with E-state index in [2.05, 4.69) is 9.71 Å². The van der Waals surface area contributed by atoms with E-state index in [-0.39, 0.29) is 31.5 Å². The average Bonchev–Trinajstić information content (AvgIpc) is 2.97. The zero-order valence-electron chi connectivity index (χ0n) is 16.1. The van der Waals surface area contributed by atoms with Crippen LogP contribution in [-0.2, 0) is 20.0 Å². The number of hydrogen-bond acceptors (Lipinski definition) is 6. The van der Waals surface area contributed by atoms with Gasteiger partial charge in [-0.2, -0.15) is 4.31 Å². The number of benzene rings is 1. The van der Waals surface area contributed by atoms with E-state index in [4.69, 9.17) is 27.9 Å². The Morgan fingerprint density at radius 1 is 1.00 bits per heavy atom. The number of aromatic nitrogens is 1. The third-order valence-electron chi connectivity index (χ3n) is 4.69. The number of pyridine rings is 1. The van der Waals surface area contributed by atoms with Crippen LogP contribution in [0.15, 0.2) is 40.1 Å². The van der Waals surface area contributed by atoms with Crippen LogP contribution in [-0.4, -0.2) is 46.3 Å². The largest absolute Gasteiger partial charge is 0.495 e. The molecule has 0 aliphatic carbocycles. The van der Waals surface area contributed by atoms with Crippen LogP contribution in [0.4, 0.5) is 5.69 Å². The number of hydrogen-bond donors (Lipinski definition) is 1. The molecule has 8 nitrogen and oxygen atoms in total. The predicted octanol–water partition coefficient (Wildman–Crippen LogP) is 3.76. The number of ether oxygens (including phenoxy) is 1. The van der Waals surface area contributed by atoms with Gasteiger partial charge in [-0.3, -0.25) is 4.72 Å². The first-order chi connectivity index (χ1) is 14.1. The molecular weight excluding hydrogens is 473 g/mol. The molecule has 0 amide bonds. The Balaban J connectivity index is 1.98. The lowest BCUT2D eigenvalue weighted by Gasteiger charge is -2.21. The minimum Gasteiger partial charge on any atom is -0.495 e. The number of rotatable bonds is 6. The number of nitrogens with zero attached hydrogens (tertiary/aromatic N) is 2. The molecule has 1 N–H and O–H groups in total. The van der Waals surface area contributed by atoms with Crippen molar-refractivity contribution in [2.45, 2.75) is 35.5 Å². The van der Waals surface area contributed by atoms with Crippen molar-refractivity contribution in [2.24, 2.45) is 0 Å². The van der Waals surface area contributed by atoms with E-state index in [0.717, 1.165) is 25.7 Å². The van der Waals surface area contributed by atoms with Gasteiger partial charge in [-0.25, -0.2) is 21.8 Å². The van der Waals surface area contributed by atoms with Crippen LogP contribution in [0.1, 0.15) is 25.7 Å². The second-order valence-corrected chi connectivity index (χ2v) is 11.0. The van der Waals surface area contributed by atoms with Gasteiger partial charge in [-0.15, -0.1) is 0 Å². The number of methoxy groups -OCH3 is 1. The van der Waals surface area contributed by atoms with E-state index in [1.807, 2.05) is 0 Å². The van der Waals surface area contributed by atoms with E-state index >= 15 is 0 Å². The highest BCUT2D eigenvalue weighted by molar-refractivity contribution is 7.93. The SMILES string of the molecule is COc1ccc(S(=O)(=O)N2CCCCCC2)cc1NS(=O)(=O)c1ccc(Cl)nc1Cl. The molecule has 0 spiro atoms. The minimum atomic E-state index is -4.18. The van der Waals surface area contributed by atoms with Crippen LogP contribution in [0.5, 0.6) is 5.75 Å². The topological polar surface area (TPSA) is 106 Å². The molecule has 12 heteroatoms. The standard InChI is InChI=1S/C18H21Cl2N3O5S2/c1-28-15-7-6-13(30(26,27)23-10-4-2-3-5-11-23)12-14(15)22-29(24,25)16-8-9-17(19)21-18(16)20/h6-9,12,22H,2-5,10-11H2,1H3. The molecule has 0 atom stereocenters. The Morgan fingerprint density at radius 2 is 1.67 bits per heavy atom. The smallest absolute Gasteiger partial charge is 0.265 e. The summed E-state index contributed by atoms with van der Waals surface area (Å²) in [4.78, 5) is 3.41. The van der Waals surface area contributed by atoms with Gasteiger partial charge in [0.1, 0.15) is 15.8 Å². The lowest BCUT2D eigenvalue weighted by molar-refractivity contribution is 0.415. The number of nitrogens with one attached hydrogen (secondary N) is 1. The summed E-state index contributed by atoms with van der Waals surface area (Å²) < 4.78 is 60.8. The summed E-state index contributed by atoms with van der Waals surface area (Å²) in [5.41, 5.74) is -0.0283. The van der Waals surface area contributed by atoms with E-state index in [1.54, 1.807) is 0 Å². The Bertz CT molecular complexity index is 1130. The van der Waals surface area contributed by atoms with Crippen LogP contribution >= 0.6 is 23.2 Å². The van der Waals surface area contributed by atoms with Gasteiger partial charge in [0.25, 0.3) is 10.0 Å². The Labute approximate surface area is 186 Å². The molecule has 1 aromatic carbocycles. The maximum Gasteiger partial charge on any atom is 0.265 e. The molecule has 1 saturated heterocycles. The molecule has 0 unspecified atom stereocenters. The minimum absolute atomic E-state index is 0.0248. The summed E-state index contributed by atoms with van der Waals surface area (Å²) in [5.74, 6) is 0.159. The van der Waals surface area contributed by atoms with Crippen LogP contribution in [0.3, 0.4) is 0 Å². The molecule has 0 bridgehead atoms. The molecule has 1 aliphatic heterocycles. The molecule has 0 saturated carbocycles. The quantitative estimate of drug-likeness (QED) is 0.613. The lowest BCUT2D eigenvalue weighted by Crippen LogP contribution is -2.32. The molecule has 3 rings (SSSR count). The summed E-state index contributed by atoms with van der Waals surface area (Å²) in [6, 6.07) is 6.55. The zero-order valence-corrected chi connectivity index (χ0v) is 19.3. The van der Waals surface area contributed by atoms with E-state index in [1.165, 1.54) is 41.7 Å². The number of sulfonamides is 2. The molecular formula is C18H21Cl2N3O5S2. The first-order valence-electron chi connectivity index (χ1n) is 9.18. The van der Waals surface area contributed by atoms with Crippen molar-refractivity contribution in [3.63, 3.8) is 0 Å². The molecule has 1 fully saturated rings. The molecule has 164 valence electrons. The van der Waals surface area contributed by atoms with Crippen molar-refractivity contribution in [2.75, 3.05) is 24.9 Å². The summed E-state index contributed by atoms with van der Waals surface area (Å²) in [6.45, 7) is 0.864. The van der Waals surface area contributed by atoms with Crippen molar-refractivity contribution in [3.05, 3.63) is 40.6 Å². The lowest BCUT2D eigenvalue weighted by atomic mass is 10.2. The molecule has 30 heavy (non-hydrogen) atoms. The summed E-state index contributed by atoms with van der Waals surface area (Å²) >= 11 is 11.7. The molecule has 2 aromatic rings. The van der Waals surface area contributed by atoms with Crippen molar-refractivity contribution >= 4 is 48.9 Å². The van der Waals surface area contributed by atoms with Gasteiger partial charge < -0.3 is 4.74 Å². The van der Waals surface area contributed by atoms with Gasteiger partial charge in [-0.05, 0) is 43.2 Å². The highest BCUT2D eigenvalue weighted by Crippen LogP contribution is 2.32. The Hall–Kier alpha value is -1.59. The Morgan fingerprint density at radius 3 is 2.27 bits per heavy atom. The van der Waals surface area contributed by atoms with Gasteiger partial charge in [-0.1, -0.05) is 36.0 Å². The highest BCUT2D eigenvalue weighted by atomic mass is 35.5. The van der Waals surface area contributed by atoms with Gasteiger partial charge >= 0.3 is 0 Å². The molecule has 1 aliphatic rings. The summed E-state index contributed by atoms with van der Waals surface area (Å²) in [7, 11) is -6.60. The van der Waals surface area contributed by atoms with Gasteiger partial charge in [0.2, 0.25) is 10.0 Å². The predicted molar refractivity (Wildman–Crippen MR) is 115 cm³/mol. The monoisotopic (exact) mass is 493 g/mol. The van der Waals surface area contributed by atoms with Crippen molar-refractivity contribution in [3.8, 4) is 5.75 Å². The average molecular weight is 494 g/mol. The fourth-order valence-electron chi connectivity index (χ4n) is 3.16. The van der Waals surface area contributed by atoms with Gasteiger partial charge in [0, 0.05) is 13.1 Å². The number of anilines is 1. The third-order valence-corrected chi connectivity index (χ3v) is 8.59. The normalized spacial score (nSPS) is 16.1. The van der Waals surface area contributed by atoms with E-state index in [9.17, 15) is 16.8 Å². The van der Waals surface area contributed by atoms with Crippen LogP contribution in [0.25, 0.3) is 0 Å². The second-order valence-electron chi connectivity index (χ2n) is 6.71. The fraction of sp³-hybridized carbons (Fsp3) is 0.389. The summed E-state index contributed by atoms with van der Waals surface area (Å²) in [6.07, 6.45) is 3.54. The molecule has 2 heterocycles. The maximum atomic E-state index is 13.1. The van der Waals surface area contributed by atoms with Crippen molar-refractivity contribution in [1.29, 1.82) is 0 Å². The van der Waals surface area contributed by atoms with E-state index in [0.29, 0.717) is 13.1 Å². The Kier molecular flexibility index (Phi) is 7.13. The van der Waals surface area contributed by atoms with Crippen LogP contribution in [0, 0.1) is 0 Å². The van der Waals surface area contributed by atoms with Gasteiger partial charge in [0.05, 0.1) is 17.7 Å². The van der Waals surface area contributed by atoms with Crippen LogP contribution in [0.2, 0.25) is 10.3 Å². The third kappa shape index (κ3) is 5.00. The van der Waals surface area contributed by atoms with E-state index < -0.39 is 20.0 Å². The first-order valence-corrected chi connectivity index (χ1v) is 12.9. The summed E-state index contributed by atoms with van der Waals surface area (Å²) in [5, 5.41) is -0.260. The molecule has 0 radical (unpaired) electrons. The first kappa shape index (κ1) is 23.1. The fourth-order valence-corrected chi connectivity index (χ4v) is 6.42. The zero-order chi connectivity index (χ0) is 21.9. The highest BCUT2D eigenvalue weighted by Gasteiger charge is 2.27. The second kappa shape index (κ2) is 9.27. The maximum absolute atomic E-state index is 13.1. The van der Waals surface area contributed by atoms with Gasteiger partial charge in [0.15, 0.2) is 5.15 Å².